The number of nitrogens with two attached hydrogens (primary N) is 1. The van der Waals surface area contributed by atoms with E-state index in [1.54, 1.807) is 22.8 Å². The monoisotopic (exact) mass is 335 g/mol. The Bertz CT molecular complexity index is 962. The number of aryl methyl sites for hydroxylation is 2. The van der Waals surface area contributed by atoms with Crippen LogP contribution >= 0.6 is 0 Å². The predicted molar refractivity (Wildman–Crippen MR) is 99.2 cm³/mol. The van der Waals surface area contributed by atoms with Crippen molar-refractivity contribution in [3.05, 3.63) is 88.1 Å². The van der Waals surface area contributed by atoms with Crippen molar-refractivity contribution in [1.29, 1.82) is 0 Å². The summed E-state index contributed by atoms with van der Waals surface area (Å²) in [6, 6.07) is 15.2. The molecule has 1 heterocycles. The third-order valence-corrected chi connectivity index (χ3v) is 4.27. The Morgan fingerprint density at radius 3 is 2.72 bits per heavy atom. The predicted octanol–water partition coefficient (Wildman–Crippen LogP) is 2.45. The minimum atomic E-state index is -0.808. The third kappa shape index (κ3) is 3.61. The van der Waals surface area contributed by atoms with Gasteiger partial charge in [-0.05, 0) is 48.9 Å². The molecule has 0 fully saturated rings. The lowest BCUT2D eigenvalue weighted by atomic mass is 10.1. The fourth-order valence-corrected chi connectivity index (χ4v) is 2.90. The molecule has 0 bridgehead atoms. The second-order valence-electron chi connectivity index (χ2n) is 5.96. The largest absolute Gasteiger partial charge is 0.405 e. The van der Waals surface area contributed by atoms with Crippen LogP contribution in [0, 0.1) is 6.92 Å². The molecule has 0 spiro atoms. The van der Waals surface area contributed by atoms with Crippen molar-refractivity contribution in [3.63, 3.8) is 0 Å². The fourth-order valence-electron chi connectivity index (χ4n) is 2.90. The normalized spacial score (nSPS) is 12.7. The Morgan fingerprint density at radius 2 is 2.00 bits per heavy atom. The summed E-state index contributed by atoms with van der Waals surface area (Å²) in [5, 5.41) is 10.6. The number of aliphatic hydroxyl groups is 1. The SMILES string of the molecule is Cc1nc2cc(C(O)/C=C/N)ccc2c(=O)n1CCc1ccccc1. The molecule has 1 unspecified atom stereocenters. The van der Waals surface area contributed by atoms with E-state index in [1.165, 1.54) is 17.8 Å². The first-order valence-corrected chi connectivity index (χ1v) is 8.21. The average molecular weight is 335 g/mol. The first-order valence-electron chi connectivity index (χ1n) is 8.21. The number of nitrogens with zero attached hydrogens (tertiary/aromatic N) is 2. The van der Waals surface area contributed by atoms with Crippen molar-refractivity contribution in [1.82, 2.24) is 9.55 Å². The molecule has 5 heteroatoms. The molecule has 128 valence electrons. The number of fused-ring (bicyclic) bond motifs is 1. The summed E-state index contributed by atoms with van der Waals surface area (Å²) in [7, 11) is 0. The van der Waals surface area contributed by atoms with Crippen LogP contribution < -0.4 is 11.3 Å². The highest BCUT2D eigenvalue weighted by atomic mass is 16.3. The number of hydrogen-bond acceptors (Lipinski definition) is 4. The van der Waals surface area contributed by atoms with Gasteiger partial charge in [0.25, 0.3) is 5.56 Å². The topological polar surface area (TPSA) is 81.1 Å². The maximum absolute atomic E-state index is 12.8. The summed E-state index contributed by atoms with van der Waals surface area (Å²) in [6.07, 6.45) is 2.74. The van der Waals surface area contributed by atoms with Gasteiger partial charge >= 0.3 is 0 Å². The number of rotatable bonds is 5. The number of benzene rings is 2. The lowest BCUT2D eigenvalue weighted by molar-refractivity contribution is 0.228. The van der Waals surface area contributed by atoms with Gasteiger partial charge in [0.2, 0.25) is 0 Å². The third-order valence-electron chi connectivity index (χ3n) is 4.27. The van der Waals surface area contributed by atoms with Gasteiger partial charge in [-0.25, -0.2) is 4.98 Å². The first-order chi connectivity index (χ1) is 12.1. The van der Waals surface area contributed by atoms with Crippen molar-refractivity contribution in [3.8, 4) is 0 Å². The standard InChI is InChI=1S/C20H21N3O2/c1-14-22-18-13-16(19(24)9-11-21)7-8-17(18)20(25)23(14)12-10-15-5-3-2-4-6-15/h2-9,11,13,19,24H,10,12,21H2,1H3/b11-9+. The summed E-state index contributed by atoms with van der Waals surface area (Å²) in [5.41, 5.74) is 7.68. The van der Waals surface area contributed by atoms with E-state index in [-0.39, 0.29) is 5.56 Å². The van der Waals surface area contributed by atoms with E-state index in [0.717, 1.165) is 6.42 Å². The molecule has 1 atom stereocenters. The second kappa shape index (κ2) is 7.32. The highest BCUT2D eigenvalue weighted by Crippen LogP contribution is 2.18. The quantitative estimate of drug-likeness (QED) is 0.750. The van der Waals surface area contributed by atoms with Gasteiger partial charge < -0.3 is 10.8 Å². The van der Waals surface area contributed by atoms with Crippen LogP contribution in [0.1, 0.15) is 23.1 Å². The maximum Gasteiger partial charge on any atom is 0.261 e. The Morgan fingerprint density at radius 1 is 1.24 bits per heavy atom. The molecule has 0 saturated carbocycles. The minimum absolute atomic E-state index is 0.0613. The van der Waals surface area contributed by atoms with E-state index in [9.17, 15) is 9.90 Å². The molecule has 1 aromatic heterocycles. The lowest BCUT2D eigenvalue weighted by Crippen LogP contribution is -2.25. The minimum Gasteiger partial charge on any atom is -0.405 e. The summed E-state index contributed by atoms with van der Waals surface area (Å²) < 4.78 is 1.70. The van der Waals surface area contributed by atoms with Gasteiger partial charge in [-0.15, -0.1) is 0 Å². The van der Waals surface area contributed by atoms with E-state index in [0.29, 0.717) is 28.8 Å². The Hall–Kier alpha value is -2.92. The highest BCUT2D eigenvalue weighted by molar-refractivity contribution is 5.78. The van der Waals surface area contributed by atoms with Crippen molar-refractivity contribution in [2.75, 3.05) is 0 Å². The van der Waals surface area contributed by atoms with Gasteiger partial charge in [0.05, 0.1) is 17.0 Å². The summed E-state index contributed by atoms with van der Waals surface area (Å²) in [4.78, 5) is 17.4. The molecule has 25 heavy (non-hydrogen) atoms. The average Bonchev–Trinajstić information content (AvgIpc) is 2.62. The number of aromatic nitrogens is 2. The molecular formula is C20H21N3O2. The summed E-state index contributed by atoms with van der Waals surface area (Å²) in [6.45, 7) is 2.41. The van der Waals surface area contributed by atoms with E-state index < -0.39 is 6.10 Å². The van der Waals surface area contributed by atoms with Gasteiger partial charge in [-0.3, -0.25) is 9.36 Å². The molecule has 0 amide bonds. The van der Waals surface area contributed by atoms with Crippen molar-refractivity contribution >= 4 is 10.9 Å². The first kappa shape index (κ1) is 16.9. The van der Waals surface area contributed by atoms with Gasteiger partial charge in [-0.2, -0.15) is 0 Å². The molecule has 3 aromatic rings. The van der Waals surface area contributed by atoms with E-state index >= 15 is 0 Å². The van der Waals surface area contributed by atoms with Crippen molar-refractivity contribution < 1.29 is 5.11 Å². The molecule has 0 aliphatic carbocycles. The molecule has 0 radical (unpaired) electrons. The van der Waals surface area contributed by atoms with E-state index in [1.807, 2.05) is 37.3 Å². The van der Waals surface area contributed by atoms with Crippen LogP contribution in [0.25, 0.3) is 10.9 Å². The Labute approximate surface area is 146 Å². The molecule has 3 rings (SSSR count). The molecule has 2 aromatic carbocycles. The van der Waals surface area contributed by atoms with Crippen LogP contribution in [-0.4, -0.2) is 14.7 Å². The Balaban J connectivity index is 1.96. The maximum atomic E-state index is 12.8. The van der Waals surface area contributed by atoms with Crippen LogP contribution in [0.15, 0.2) is 65.6 Å². The number of hydrogen-bond donors (Lipinski definition) is 2. The van der Waals surface area contributed by atoms with Crippen LogP contribution in [0.3, 0.4) is 0 Å². The lowest BCUT2D eigenvalue weighted by Gasteiger charge is -2.12. The summed E-state index contributed by atoms with van der Waals surface area (Å²) >= 11 is 0. The fraction of sp³-hybridized carbons (Fsp3) is 0.200. The molecule has 3 N–H and O–H groups in total. The van der Waals surface area contributed by atoms with Crippen molar-refractivity contribution in [2.45, 2.75) is 26.0 Å². The highest BCUT2D eigenvalue weighted by Gasteiger charge is 2.11. The van der Waals surface area contributed by atoms with E-state index in [2.05, 4.69) is 4.98 Å². The zero-order chi connectivity index (χ0) is 17.8. The van der Waals surface area contributed by atoms with E-state index in [4.69, 9.17) is 5.73 Å². The van der Waals surface area contributed by atoms with Crippen LogP contribution in [0.4, 0.5) is 0 Å². The zero-order valence-corrected chi connectivity index (χ0v) is 14.1. The number of aliphatic hydroxyl groups excluding tert-OH is 1. The smallest absolute Gasteiger partial charge is 0.261 e. The van der Waals surface area contributed by atoms with Crippen LogP contribution in [0.5, 0.6) is 0 Å². The van der Waals surface area contributed by atoms with Crippen LogP contribution in [-0.2, 0) is 13.0 Å². The molecule has 5 nitrogen and oxygen atoms in total. The van der Waals surface area contributed by atoms with Crippen molar-refractivity contribution in [2.24, 2.45) is 5.73 Å². The van der Waals surface area contributed by atoms with Gasteiger partial charge in [0.1, 0.15) is 5.82 Å². The molecular weight excluding hydrogens is 314 g/mol. The van der Waals surface area contributed by atoms with Gasteiger partial charge in [-0.1, -0.05) is 36.4 Å². The summed E-state index contributed by atoms with van der Waals surface area (Å²) in [5.74, 6) is 0.662. The Kier molecular flexibility index (Phi) is 4.95. The van der Waals surface area contributed by atoms with Gasteiger partial charge in [0.15, 0.2) is 0 Å². The zero-order valence-electron chi connectivity index (χ0n) is 14.1. The van der Waals surface area contributed by atoms with Gasteiger partial charge in [0, 0.05) is 6.54 Å². The molecule has 0 aliphatic heterocycles. The van der Waals surface area contributed by atoms with Crippen LogP contribution in [0.2, 0.25) is 0 Å². The molecule has 0 saturated heterocycles. The molecule has 0 aliphatic rings. The second-order valence-corrected chi connectivity index (χ2v) is 5.96.